The summed E-state index contributed by atoms with van der Waals surface area (Å²) >= 11 is 0. The van der Waals surface area contributed by atoms with Crippen LogP contribution in [0.25, 0.3) is 0 Å². The first-order chi connectivity index (χ1) is 8.88. The smallest absolute Gasteiger partial charge is 0.216 e. The third-order valence-electron chi connectivity index (χ3n) is 4.22. The van der Waals surface area contributed by atoms with Crippen molar-refractivity contribution >= 4 is 10.0 Å². The highest BCUT2D eigenvalue weighted by Gasteiger charge is 2.42. The fourth-order valence-corrected chi connectivity index (χ4v) is 4.41. The summed E-state index contributed by atoms with van der Waals surface area (Å²) in [7, 11) is -1.62. The molecule has 1 aliphatic carbocycles. The second-order valence-electron chi connectivity index (χ2n) is 5.61. The highest BCUT2D eigenvalue weighted by Crippen LogP contribution is 2.36. The molecule has 2 atom stereocenters. The molecular formula is C13H28N2O3S. The topological polar surface area (TPSA) is 72.6 Å². The zero-order valence-corrected chi connectivity index (χ0v) is 13.2. The maximum atomic E-state index is 12.4. The first-order valence-electron chi connectivity index (χ1n) is 7.12. The summed E-state index contributed by atoms with van der Waals surface area (Å²) in [5.41, 5.74) is 5.52. The Bertz CT molecular complexity index is 372. The van der Waals surface area contributed by atoms with Crippen molar-refractivity contribution in [1.82, 2.24) is 4.31 Å². The van der Waals surface area contributed by atoms with Crippen LogP contribution in [0.2, 0.25) is 0 Å². The fourth-order valence-electron chi connectivity index (χ4n) is 2.97. The van der Waals surface area contributed by atoms with Gasteiger partial charge in [-0.05, 0) is 25.7 Å². The molecule has 0 saturated heterocycles. The van der Waals surface area contributed by atoms with Crippen molar-refractivity contribution in [3.63, 3.8) is 0 Å². The number of sulfonamides is 1. The van der Waals surface area contributed by atoms with Crippen molar-refractivity contribution in [3.05, 3.63) is 0 Å². The van der Waals surface area contributed by atoms with E-state index < -0.39 is 15.6 Å². The number of rotatable bonds is 7. The standard InChI is InChI=1S/C13H28N2O3S/c1-4-18-8-9-19(16,17)15(3)13(11-14)7-5-6-12(2)10-13/h12H,4-11,14H2,1-3H3. The van der Waals surface area contributed by atoms with Gasteiger partial charge in [-0.2, -0.15) is 4.31 Å². The van der Waals surface area contributed by atoms with Crippen LogP contribution in [0, 0.1) is 5.92 Å². The molecule has 0 spiro atoms. The summed E-state index contributed by atoms with van der Waals surface area (Å²) in [6.07, 6.45) is 3.92. The van der Waals surface area contributed by atoms with Crippen LogP contribution in [0.4, 0.5) is 0 Å². The Kier molecular flexibility index (Phi) is 6.23. The number of nitrogens with zero attached hydrogens (tertiary/aromatic N) is 1. The molecule has 1 aliphatic rings. The van der Waals surface area contributed by atoms with Gasteiger partial charge in [0.15, 0.2) is 0 Å². The van der Waals surface area contributed by atoms with Crippen molar-refractivity contribution in [2.24, 2.45) is 11.7 Å². The van der Waals surface area contributed by atoms with Crippen molar-refractivity contribution in [1.29, 1.82) is 0 Å². The Hall–Kier alpha value is -0.170. The summed E-state index contributed by atoms with van der Waals surface area (Å²) in [4.78, 5) is 0. The molecule has 0 aromatic rings. The fraction of sp³-hybridized carbons (Fsp3) is 1.00. The predicted molar refractivity (Wildman–Crippen MR) is 77.5 cm³/mol. The monoisotopic (exact) mass is 292 g/mol. The van der Waals surface area contributed by atoms with Crippen LogP contribution in [0.1, 0.15) is 39.5 Å². The minimum atomic E-state index is -3.30. The Labute approximate surface area is 117 Å². The van der Waals surface area contributed by atoms with E-state index in [4.69, 9.17) is 10.5 Å². The van der Waals surface area contributed by atoms with Gasteiger partial charge >= 0.3 is 0 Å². The van der Waals surface area contributed by atoms with E-state index in [-0.39, 0.29) is 12.4 Å². The third kappa shape index (κ3) is 4.15. The van der Waals surface area contributed by atoms with E-state index >= 15 is 0 Å². The number of hydrogen-bond acceptors (Lipinski definition) is 4. The van der Waals surface area contributed by atoms with Gasteiger partial charge in [0, 0.05) is 25.7 Å². The Morgan fingerprint density at radius 3 is 2.68 bits per heavy atom. The Balaban J connectivity index is 2.79. The van der Waals surface area contributed by atoms with E-state index in [1.54, 1.807) is 7.05 Å². The van der Waals surface area contributed by atoms with Crippen LogP contribution >= 0.6 is 0 Å². The zero-order valence-electron chi connectivity index (χ0n) is 12.4. The van der Waals surface area contributed by atoms with Gasteiger partial charge in [0.2, 0.25) is 10.0 Å². The van der Waals surface area contributed by atoms with E-state index in [1.165, 1.54) is 4.31 Å². The lowest BCUT2D eigenvalue weighted by molar-refractivity contribution is 0.124. The van der Waals surface area contributed by atoms with Crippen molar-refractivity contribution < 1.29 is 13.2 Å². The molecule has 0 radical (unpaired) electrons. The van der Waals surface area contributed by atoms with Gasteiger partial charge in [-0.25, -0.2) is 8.42 Å². The minimum absolute atomic E-state index is 0.0352. The summed E-state index contributed by atoms with van der Waals surface area (Å²) in [6, 6.07) is 0. The van der Waals surface area contributed by atoms with Gasteiger partial charge in [0.1, 0.15) is 0 Å². The van der Waals surface area contributed by atoms with Crippen LogP contribution < -0.4 is 5.73 Å². The van der Waals surface area contributed by atoms with E-state index in [2.05, 4.69) is 6.92 Å². The largest absolute Gasteiger partial charge is 0.381 e. The van der Waals surface area contributed by atoms with E-state index in [9.17, 15) is 8.42 Å². The lowest BCUT2D eigenvalue weighted by Gasteiger charge is -2.45. The molecule has 1 rings (SSSR count). The van der Waals surface area contributed by atoms with Gasteiger partial charge in [-0.15, -0.1) is 0 Å². The van der Waals surface area contributed by atoms with Gasteiger partial charge in [0.05, 0.1) is 12.4 Å². The van der Waals surface area contributed by atoms with E-state index in [0.717, 1.165) is 25.7 Å². The molecule has 0 amide bonds. The summed E-state index contributed by atoms with van der Waals surface area (Å²) in [6.45, 7) is 5.21. The molecular weight excluding hydrogens is 264 g/mol. The van der Waals surface area contributed by atoms with Gasteiger partial charge in [0.25, 0.3) is 0 Å². The normalized spacial score (nSPS) is 28.8. The number of ether oxygens (including phenoxy) is 1. The van der Waals surface area contributed by atoms with Crippen molar-refractivity contribution in [2.45, 2.75) is 45.1 Å². The van der Waals surface area contributed by atoms with Crippen LogP contribution in [-0.4, -0.2) is 50.8 Å². The second kappa shape index (κ2) is 7.02. The predicted octanol–water partition coefficient (Wildman–Crippen LogP) is 1.19. The molecule has 2 unspecified atom stereocenters. The SMILES string of the molecule is CCOCCS(=O)(=O)N(C)C1(CN)CCCC(C)C1. The maximum absolute atomic E-state index is 12.4. The molecule has 19 heavy (non-hydrogen) atoms. The quantitative estimate of drug-likeness (QED) is 0.715. The van der Waals surface area contributed by atoms with E-state index in [1.807, 2.05) is 6.92 Å². The Morgan fingerprint density at radius 2 is 2.16 bits per heavy atom. The molecule has 1 saturated carbocycles. The molecule has 0 aromatic heterocycles. The zero-order chi connectivity index (χ0) is 14.5. The molecule has 0 aliphatic heterocycles. The maximum Gasteiger partial charge on any atom is 0.216 e. The summed E-state index contributed by atoms with van der Waals surface area (Å²) in [5.74, 6) is 0.565. The van der Waals surface area contributed by atoms with Crippen LogP contribution in [-0.2, 0) is 14.8 Å². The average Bonchev–Trinajstić information content (AvgIpc) is 2.38. The number of nitrogens with two attached hydrogens (primary N) is 1. The molecule has 0 aromatic carbocycles. The van der Waals surface area contributed by atoms with Gasteiger partial charge in [-0.3, -0.25) is 0 Å². The van der Waals surface area contributed by atoms with Gasteiger partial charge in [-0.1, -0.05) is 19.8 Å². The Morgan fingerprint density at radius 1 is 1.47 bits per heavy atom. The van der Waals surface area contributed by atoms with E-state index in [0.29, 0.717) is 19.1 Å². The minimum Gasteiger partial charge on any atom is -0.381 e. The van der Waals surface area contributed by atoms with Crippen LogP contribution in [0.15, 0.2) is 0 Å². The number of likely N-dealkylation sites (N-methyl/N-ethyl adjacent to an activating group) is 1. The first-order valence-corrected chi connectivity index (χ1v) is 8.73. The highest BCUT2D eigenvalue weighted by atomic mass is 32.2. The third-order valence-corrected chi connectivity index (χ3v) is 6.13. The average molecular weight is 292 g/mol. The molecule has 0 bridgehead atoms. The lowest BCUT2D eigenvalue weighted by atomic mass is 9.76. The molecule has 1 fully saturated rings. The van der Waals surface area contributed by atoms with Crippen molar-refractivity contribution in [2.75, 3.05) is 32.6 Å². The molecule has 0 heterocycles. The second-order valence-corrected chi connectivity index (χ2v) is 7.73. The summed E-state index contributed by atoms with van der Waals surface area (Å²) < 4.78 is 31.4. The molecule has 114 valence electrons. The van der Waals surface area contributed by atoms with Crippen LogP contribution in [0.3, 0.4) is 0 Å². The lowest BCUT2D eigenvalue weighted by Crippen LogP contribution is -2.57. The molecule has 2 N–H and O–H groups in total. The number of hydrogen-bond donors (Lipinski definition) is 1. The van der Waals surface area contributed by atoms with Gasteiger partial charge < -0.3 is 10.5 Å². The summed E-state index contributed by atoms with van der Waals surface area (Å²) in [5, 5.41) is 0. The van der Waals surface area contributed by atoms with Crippen LogP contribution in [0.5, 0.6) is 0 Å². The highest BCUT2D eigenvalue weighted by molar-refractivity contribution is 7.89. The van der Waals surface area contributed by atoms with Crippen molar-refractivity contribution in [3.8, 4) is 0 Å². The first kappa shape index (κ1) is 16.9. The molecule has 6 heteroatoms. The molecule has 5 nitrogen and oxygen atoms in total.